The van der Waals surface area contributed by atoms with Gasteiger partial charge in [-0.3, -0.25) is 4.79 Å². The second-order valence-corrected chi connectivity index (χ2v) is 6.30. The van der Waals surface area contributed by atoms with E-state index < -0.39 is 0 Å². The molecule has 6 nitrogen and oxygen atoms in total. The highest BCUT2D eigenvalue weighted by Crippen LogP contribution is 2.42. The van der Waals surface area contributed by atoms with E-state index in [4.69, 9.17) is 18.9 Å². The van der Waals surface area contributed by atoms with Gasteiger partial charge in [0.05, 0.1) is 20.3 Å². The van der Waals surface area contributed by atoms with Crippen molar-refractivity contribution < 1.29 is 23.7 Å². The van der Waals surface area contributed by atoms with Crippen LogP contribution in [0, 0.1) is 0 Å². The number of allylic oxidation sites excluding steroid dienone is 1. The number of ether oxygens (including phenoxy) is 4. The molecule has 1 saturated heterocycles. The Hall–Kier alpha value is -2.99. The van der Waals surface area contributed by atoms with Crippen LogP contribution in [0.5, 0.6) is 17.2 Å². The van der Waals surface area contributed by atoms with Crippen molar-refractivity contribution in [3.63, 3.8) is 0 Å². The van der Waals surface area contributed by atoms with Gasteiger partial charge in [-0.25, -0.2) is 0 Å². The van der Waals surface area contributed by atoms with Crippen LogP contribution in [0.3, 0.4) is 0 Å². The lowest BCUT2D eigenvalue weighted by molar-refractivity contribution is 0.104. The molecule has 2 aromatic carbocycles. The first-order valence-electron chi connectivity index (χ1n) is 8.87. The van der Waals surface area contributed by atoms with Gasteiger partial charge in [0.15, 0.2) is 17.3 Å². The van der Waals surface area contributed by atoms with E-state index in [1.807, 2.05) is 36.4 Å². The first kappa shape index (κ1) is 17.4. The Kier molecular flexibility index (Phi) is 4.98. The molecule has 2 heterocycles. The Labute approximate surface area is 157 Å². The zero-order valence-electron chi connectivity index (χ0n) is 15.1. The van der Waals surface area contributed by atoms with Crippen LogP contribution in [-0.4, -0.2) is 46.0 Å². The average Bonchev–Trinajstić information content (AvgIpc) is 3.21. The van der Waals surface area contributed by atoms with E-state index in [1.165, 1.54) is 0 Å². The lowest BCUT2D eigenvalue weighted by Crippen LogP contribution is -2.36. The highest BCUT2D eigenvalue weighted by atomic mass is 16.7. The van der Waals surface area contributed by atoms with Gasteiger partial charge in [0, 0.05) is 24.3 Å². The number of ketones is 1. The van der Waals surface area contributed by atoms with E-state index in [0.29, 0.717) is 22.8 Å². The first-order chi connectivity index (χ1) is 13.2. The average molecular weight is 367 g/mol. The molecule has 140 valence electrons. The molecule has 6 heteroatoms. The van der Waals surface area contributed by atoms with Crippen molar-refractivity contribution in [3.05, 3.63) is 53.6 Å². The highest BCUT2D eigenvalue weighted by Gasteiger charge is 2.19. The van der Waals surface area contributed by atoms with Gasteiger partial charge in [-0.1, -0.05) is 6.08 Å². The quantitative estimate of drug-likeness (QED) is 0.598. The molecular weight excluding hydrogens is 346 g/mol. The molecule has 2 aliphatic rings. The summed E-state index contributed by atoms with van der Waals surface area (Å²) in [6.07, 6.45) is 3.31. The van der Waals surface area contributed by atoms with E-state index in [-0.39, 0.29) is 12.6 Å². The number of carbonyl (C=O) groups is 1. The van der Waals surface area contributed by atoms with Gasteiger partial charge in [-0.15, -0.1) is 0 Å². The van der Waals surface area contributed by atoms with Crippen molar-refractivity contribution in [2.24, 2.45) is 0 Å². The van der Waals surface area contributed by atoms with Gasteiger partial charge in [-0.05, 0) is 48.0 Å². The number of anilines is 1. The van der Waals surface area contributed by atoms with Crippen LogP contribution in [0.25, 0.3) is 6.08 Å². The highest BCUT2D eigenvalue weighted by molar-refractivity contribution is 6.07. The van der Waals surface area contributed by atoms with Gasteiger partial charge in [0.25, 0.3) is 0 Å². The fourth-order valence-corrected chi connectivity index (χ4v) is 3.17. The molecule has 0 aliphatic carbocycles. The van der Waals surface area contributed by atoms with E-state index in [1.54, 1.807) is 19.3 Å². The zero-order chi connectivity index (χ0) is 18.6. The molecular formula is C21H21NO5. The number of carbonyl (C=O) groups excluding carboxylic acids is 1. The van der Waals surface area contributed by atoms with E-state index in [9.17, 15) is 4.79 Å². The monoisotopic (exact) mass is 367 g/mol. The Morgan fingerprint density at radius 1 is 1.11 bits per heavy atom. The van der Waals surface area contributed by atoms with Crippen LogP contribution in [-0.2, 0) is 4.74 Å². The Balaban J connectivity index is 1.47. The second kappa shape index (κ2) is 7.72. The van der Waals surface area contributed by atoms with Crippen molar-refractivity contribution in [2.45, 2.75) is 0 Å². The normalized spacial score (nSPS) is 16.0. The largest absolute Gasteiger partial charge is 0.493 e. The van der Waals surface area contributed by atoms with Crippen molar-refractivity contribution in [1.29, 1.82) is 0 Å². The topological polar surface area (TPSA) is 57.2 Å². The maximum atomic E-state index is 12.5. The predicted octanol–water partition coefficient (Wildman–Crippen LogP) is 3.16. The SMILES string of the molecule is COc1cc(/C=C/C(=O)c2ccc(N3CCOCC3)cc2)cc2c1OCO2. The number of benzene rings is 2. The summed E-state index contributed by atoms with van der Waals surface area (Å²) in [6, 6.07) is 11.3. The maximum absolute atomic E-state index is 12.5. The summed E-state index contributed by atoms with van der Waals surface area (Å²) >= 11 is 0. The van der Waals surface area contributed by atoms with Crippen molar-refractivity contribution in [2.75, 3.05) is 45.1 Å². The summed E-state index contributed by atoms with van der Waals surface area (Å²) in [5, 5.41) is 0. The summed E-state index contributed by atoms with van der Waals surface area (Å²) < 4.78 is 21.5. The lowest BCUT2D eigenvalue weighted by Gasteiger charge is -2.28. The number of morpholine rings is 1. The second-order valence-electron chi connectivity index (χ2n) is 6.30. The molecule has 4 rings (SSSR count). The van der Waals surface area contributed by atoms with E-state index >= 15 is 0 Å². The summed E-state index contributed by atoms with van der Waals surface area (Å²) in [7, 11) is 1.58. The summed E-state index contributed by atoms with van der Waals surface area (Å²) in [5.41, 5.74) is 2.57. The van der Waals surface area contributed by atoms with Crippen LogP contribution >= 0.6 is 0 Å². The third-order valence-electron chi connectivity index (χ3n) is 4.64. The summed E-state index contributed by atoms with van der Waals surface area (Å²) in [4.78, 5) is 14.7. The van der Waals surface area contributed by atoms with Crippen LogP contribution < -0.4 is 19.1 Å². The molecule has 0 atom stereocenters. The Bertz CT molecular complexity index is 854. The van der Waals surface area contributed by atoms with Crippen LogP contribution in [0.15, 0.2) is 42.5 Å². The third kappa shape index (κ3) is 3.75. The van der Waals surface area contributed by atoms with Crippen molar-refractivity contribution in [1.82, 2.24) is 0 Å². The summed E-state index contributed by atoms with van der Waals surface area (Å²) in [6.45, 7) is 3.40. The number of nitrogens with zero attached hydrogens (tertiary/aromatic N) is 1. The van der Waals surface area contributed by atoms with Gasteiger partial charge in [0.1, 0.15) is 0 Å². The molecule has 0 unspecified atom stereocenters. The Morgan fingerprint density at radius 3 is 2.63 bits per heavy atom. The van der Waals surface area contributed by atoms with Crippen molar-refractivity contribution in [3.8, 4) is 17.2 Å². The molecule has 2 aromatic rings. The molecule has 0 aromatic heterocycles. The molecule has 27 heavy (non-hydrogen) atoms. The molecule has 0 saturated carbocycles. The van der Waals surface area contributed by atoms with E-state index in [2.05, 4.69) is 4.90 Å². The number of methoxy groups -OCH3 is 1. The fourth-order valence-electron chi connectivity index (χ4n) is 3.17. The minimum Gasteiger partial charge on any atom is -0.493 e. The minimum atomic E-state index is -0.0554. The number of hydrogen-bond donors (Lipinski definition) is 0. The molecule has 0 N–H and O–H groups in total. The van der Waals surface area contributed by atoms with Gasteiger partial charge in [-0.2, -0.15) is 0 Å². The molecule has 1 fully saturated rings. The summed E-state index contributed by atoms with van der Waals surface area (Å²) in [5.74, 6) is 1.75. The predicted molar refractivity (Wildman–Crippen MR) is 102 cm³/mol. The maximum Gasteiger partial charge on any atom is 0.231 e. The standard InChI is InChI=1S/C21H21NO5/c1-24-19-12-15(13-20-21(19)27-14-26-20)2-7-18(23)16-3-5-17(6-4-16)22-8-10-25-11-9-22/h2-7,12-13H,8-11,14H2,1H3/b7-2+. The lowest BCUT2D eigenvalue weighted by atomic mass is 10.1. The zero-order valence-corrected chi connectivity index (χ0v) is 15.1. The Morgan fingerprint density at radius 2 is 1.89 bits per heavy atom. The molecule has 0 spiro atoms. The molecule has 0 radical (unpaired) electrons. The molecule has 2 aliphatic heterocycles. The number of fused-ring (bicyclic) bond motifs is 1. The van der Waals surface area contributed by atoms with Crippen molar-refractivity contribution >= 4 is 17.5 Å². The fraction of sp³-hybridized carbons (Fsp3) is 0.286. The third-order valence-corrected chi connectivity index (χ3v) is 4.64. The van der Waals surface area contributed by atoms with Gasteiger partial charge in [0.2, 0.25) is 12.5 Å². The van der Waals surface area contributed by atoms with E-state index in [0.717, 1.165) is 37.6 Å². The number of rotatable bonds is 5. The van der Waals surface area contributed by atoms with Crippen LogP contribution in [0.4, 0.5) is 5.69 Å². The number of hydrogen-bond acceptors (Lipinski definition) is 6. The molecule has 0 amide bonds. The molecule has 0 bridgehead atoms. The van der Waals surface area contributed by atoms with Gasteiger partial charge >= 0.3 is 0 Å². The first-order valence-corrected chi connectivity index (χ1v) is 8.87. The smallest absolute Gasteiger partial charge is 0.231 e. The van der Waals surface area contributed by atoms with Crippen LogP contribution in [0.1, 0.15) is 15.9 Å². The van der Waals surface area contributed by atoms with Gasteiger partial charge < -0.3 is 23.8 Å². The minimum absolute atomic E-state index is 0.0554. The van der Waals surface area contributed by atoms with Crippen LogP contribution in [0.2, 0.25) is 0 Å².